The molecule has 0 bridgehead atoms. The van der Waals surface area contributed by atoms with E-state index in [1.165, 1.54) is 12.8 Å². The third-order valence-electron chi connectivity index (χ3n) is 3.40. The zero-order valence-corrected chi connectivity index (χ0v) is 11.9. The summed E-state index contributed by atoms with van der Waals surface area (Å²) in [5.74, 6) is -0.515. The Morgan fingerprint density at radius 2 is 2.14 bits per heavy atom. The Balaban J connectivity index is 1.85. The third-order valence-corrected chi connectivity index (χ3v) is 3.40. The summed E-state index contributed by atoms with van der Waals surface area (Å²) in [5.41, 5.74) is 6.32. The minimum absolute atomic E-state index is 0.127. The zero-order chi connectivity index (χ0) is 15.1. The van der Waals surface area contributed by atoms with Crippen LogP contribution in [0.25, 0.3) is 0 Å². The molecule has 4 N–H and O–H groups in total. The summed E-state index contributed by atoms with van der Waals surface area (Å²) in [6, 6.07) is 8.99. The van der Waals surface area contributed by atoms with Crippen LogP contribution in [0.2, 0.25) is 0 Å². The summed E-state index contributed by atoms with van der Waals surface area (Å²) in [4.78, 5) is 12.2. The number of oxime groups is 1. The van der Waals surface area contributed by atoms with Crippen LogP contribution in [0.3, 0.4) is 0 Å². The van der Waals surface area contributed by atoms with Crippen molar-refractivity contribution in [2.45, 2.75) is 18.8 Å². The zero-order valence-electron chi connectivity index (χ0n) is 11.9. The molecule has 1 atom stereocenters. The first-order valence-corrected chi connectivity index (χ1v) is 7.10. The van der Waals surface area contributed by atoms with Crippen molar-refractivity contribution in [1.29, 1.82) is 0 Å². The monoisotopic (exact) mass is 291 g/mol. The number of nitrogens with one attached hydrogen (secondary N) is 1. The fourth-order valence-corrected chi connectivity index (χ4v) is 2.04. The van der Waals surface area contributed by atoms with Gasteiger partial charge in [0.15, 0.2) is 5.84 Å². The van der Waals surface area contributed by atoms with E-state index in [1.807, 2.05) is 6.07 Å². The van der Waals surface area contributed by atoms with E-state index in [2.05, 4.69) is 10.5 Å². The lowest BCUT2D eigenvalue weighted by Gasteiger charge is -2.16. The summed E-state index contributed by atoms with van der Waals surface area (Å²) in [6.45, 7) is 1.64. The number of carbonyl (C=O) groups is 1. The highest BCUT2D eigenvalue weighted by Crippen LogP contribution is 2.28. The first kappa shape index (κ1) is 15.3. The van der Waals surface area contributed by atoms with E-state index in [0.29, 0.717) is 24.6 Å². The van der Waals surface area contributed by atoms with Crippen LogP contribution in [0, 0.1) is 5.92 Å². The van der Waals surface area contributed by atoms with Gasteiger partial charge in [0, 0.05) is 13.2 Å². The predicted molar refractivity (Wildman–Crippen MR) is 79.1 cm³/mol. The van der Waals surface area contributed by atoms with Gasteiger partial charge in [0.2, 0.25) is 5.91 Å². The average Bonchev–Trinajstić information content (AvgIpc) is 3.32. The molecule has 114 valence electrons. The van der Waals surface area contributed by atoms with E-state index in [9.17, 15) is 4.79 Å². The van der Waals surface area contributed by atoms with Gasteiger partial charge in [-0.1, -0.05) is 35.5 Å². The molecule has 0 aliphatic heterocycles. The van der Waals surface area contributed by atoms with Gasteiger partial charge in [0.25, 0.3) is 0 Å². The van der Waals surface area contributed by atoms with E-state index in [-0.39, 0.29) is 11.7 Å². The van der Waals surface area contributed by atoms with Gasteiger partial charge in [-0.15, -0.1) is 0 Å². The Morgan fingerprint density at radius 3 is 2.76 bits per heavy atom. The number of benzene rings is 1. The van der Waals surface area contributed by atoms with E-state index in [1.54, 1.807) is 24.3 Å². The van der Waals surface area contributed by atoms with Gasteiger partial charge in [-0.2, -0.15) is 0 Å². The molecule has 1 amide bonds. The lowest BCUT2D eigenvalue weighted by molar-refractivity contribution is -0.121. The second kappa shape index (κ2) is 7.64. The van der Waals surface area contributed by atoms with Crippen LogP contribution >= 0.6 is 0 Å². The summed E-state index contributed by atoms with van der Waals surface area (Å²) < 4.78 is 5.45. The van der Waals surface area contributed by atoms with Crippen LogP contribution in [0.5, 0.6) is 0 Å². The van der Waals surface area contributed by atoms with Crippen molar-refractivity contribution in [3.63, 3.8) is 0 Å². The molecular formula is C15H21N3O3. The molecule has 0 radical (unpaired) electrons. The van der Waals surface area contributed by atoms with Crippen molar-refractivity contribution < 1.29 is 14.7 Å². The molecule has 0 spiro atoms. The summed E-state index contributed by atoms with van der Waals surface area (Å²) in [6.07, 6.45) is 2.48. The number of hydrogen-bond donors (Lipinski definition) is 3. The van der Waals surface area contributed by atoms with Gasteiger partial charge >= 0.3 is 0 Å². The molecule has 1 aromatic carbocycles. The molecule has 0 aromatic heterocycles. The van der Waals surface area contributed by atoms with Gasteiger partial charge in [-0.05, 0) is 24.3 Å². The second-order valence-corrected chi connectivity index (χ2v) is 5.18. The van der Waals surface area contributed by atoms with Crippen molar-refractivity contribution in [3.8, 4) is 0 Å². The lowest BCUT2D eigenvalue weighted by atomic mass is 9.97. The van der Waals surface area contributed by atoms with Gasteiger partial charge < -0.3 is 21.0 Å². The van der Waals surface area contributed by atoms with Crippen molar-refractivity contribution >= 4 is 11.7 Å². The van der Waals surface area contributed by atoms with Crippen LogP contribution in [0.15, 0.2) is 35.5 Å². The number of amides is 1. The van der Waals surface area contributed by atoms with Crippen LogP contribution < -0.4 is 11.1 Å². The van der Waals surface area contributed by atoms with E-state index < -0.39 is 5.92 Å². The summed E-state index contributed by atoms with van der Waals surface area (Å²) >= 11 is 0. The van der Waals surface area contributed by atoms with Crippen LogP contribution in [0.1, 0.15) is 24.3 Å². The Morgan fingerprint density at radius 1 is 1.43 bits per heavy atom. The molecule has 1 aromatic rings. The summed E-state index contributed by atoms with van der Waals surface area (Å²) in [5, 5.41) is 14.6. The number of amidine groups is 1. The Bertz CT molecular complexity index is 486. The highest BCUT2D eigenvalue weighted by atomic mass is 16.5. The van der Waals surface area contributed by atoms with Crippen molar-refractivity contribution in [3.05, 3.63) is 35.9 Å². The predicted octanol–water partition coefficient (Wildman–Crippen LogP) is 1.06. The molecule has 0 heterocycles. The molecule has 6 heteroatoms. The smallest absolute Gasteiger partial charge is 0.235 e. The Hall–Kier alpha value is -2.08. The highest BCUT2D eigenvalue weighted by molar-refractivity contribution is 6.07. The fraction of sp³-hybridized carbons (Fsp3) is 0.467. The minimum atomic E-state index is -0.792. The van der Waals surface area contributed by atoms with Gasteiger partial charge in [0.1, 0.15) is 5.92 Å². The van der Waals surface area contributed by atoms with Crippen LogP contribution in [0.4, 0.5) is 0 Å². The van der Waals surface area contributed by atoms with Gasteiger partial charge in [-0.3, -0.25) is 4.79 Å². The largest absolute Gasteiger partial charge is 0.409 e. The first-order chi connectivity index (χ1) is 10.2. The van der Waals surface area contributed by atoms with Crippen molar-refractivity contribution in [1.82, 2.24) is 5.32 Å². The van der Waals surface area contributed by atoms with E-state index >= 15 is 0 Å². The molecule has 21 heavy (non-hydrogen) atoms. The number of ether oxygens (including phenoxy) is 1. The van der Waals surface area contributed by atoms with Gasteiger partial charge in [-0.25, -0.2) is 0 Å². The number of nitrogens with two attached hydrogens (primary N) is 1. The number of rotatable bonds is 8. The fourth-order valence-electron chi connectivity index (χ4n) is 2.04. The maximum atomic E-state index is 12.2. The van der Waals surface area contributed by atoms with Crippen molar-refractivity contribution in [2.24, 2.45) is 16.8 Å². The van der Waals surface area contributed by atoms with Gasteiger partial charge in [0.05, 0.1) is 6.61 Å². The molecule has 0 saturated heterocycles. The molecule has 2 rings (SSSR count). The van der Waals surface area contributed by atoms with E-state index in [4.69, 9.17) is 15.7 Å². The molecule has 1 fully saturated rings. The first-order valence-electron chi connectivity index (χ1n) is 7.10. The number of nitrogens with zero attached hydrogens (tertiary/aromatic N) is 1. The quantitative estimate of drug-likeness (QED) is 0.219. The van der Waals surface area contributed by atoms with Crippen LogP contribution in [-0.2, 0) is 9.53 Å². The maximum absolute atomic E-state index is 12.2. The Kier molecular flexibility index (Phi) is 5.57. The topological polar surface area (TPSA) is 96.9 Å². The van der Waals surface area contributed by atoms with Crippen LogP contribution in [-0.4, -0.2) is 36.7 Å². The van der Waals surface area contributed by atoms with Crippen molar-refractivity contribution in [2.75, 3.05) is 19.8 Å². The maximum Gasteiger partial charge on any atom is 0.235 e. The third kappa shape index (κ3) is 4.75. The molecule has 1 aliphatic rings. The average molecular weight is 291 g/mol. The molecule has 1 saturated carbocycles. The molecular weight excluding hydrogens is 270 g/mol. The lowest BCUT2D eigenvalue weighted by Crippen LogP contribution is -2.38. The van der Waals surface area contributed by atoms with E-state index in [0.717, 1.165) is 6.61 Å². The molecule has 1 unspecified atom stereocenters. The standard InChI is InChI=1S/C15H21N3O3/c16-14(18-20)13(12-4-2-1-3-5-12)15(19)17-8-9-21-10-11-6-7-11/h1-5,11,13,20H,6-10H2,(H2,16,18)(H,17,19). The number of hydrogen-bond acceptors (Lipinski definition) is 4. The SMILES string of the molecule is N/C(=N/O)C(C(=O)NCCOCC1CC1)c1ccccc1. The molecule has 6 nitrogen and oxygen atoms in total. The second-order valence-electron chi connectivity index (χ2n) is 5.18. The minimum Gasteiger partial charge on any atom is -0.409 e. The summed E-state index contributed by atoms with van der Waals surface area (Å²) in [7, 11) is 0. The normalized spacial score (nSPS) is 16.5. The molecule has 1 aliphatic carbocycles. The number of carbonyl (C=O) groups excluding carboxylic acids is 1. The Labute approximate surface area is 124 Å². The highest BCUT2D eigenvalue weighted by Gasteiger charge is 2.25.